The van der Waals surface area contributed by atoms with Crippen molar-refractivity contribution in [1.82, 2.24) is 9.97 Å². The highest BCUT2D eigenvalue weighted by atomic mass is 35.5. The highest BCUT2D eigenvalue weighted by Gasteiger charge is 2.22. The lowest BCUT2D eigenvalue weighted by Crippen LogP contribution is -2.22. The van der Waals surface area contributed by atoms with Crippen LogP contribution < -0.4 is 15.5 Å². The number of aryl methyl sites for hydroxylation is 1. The Labute approximate surface area is 174 Å². The molecule has 0 bridgehead atoms. The summed E-state index contributed by atoms with van der Waals surface area (Å²) in [7, 11) is 1.24. The molecule has 0 aliphatic rings. The van der Waals surface area contributed by atoms with Gasteiger partial charge in [-0.2, -0.15) is 0 Å². The summed E-state index contributed by atoms with van der Waals surface area (Å²) in [6.45, 7) is 1.33. The predicted molar refractivity (Wildman–Crippen MR) is 110 cm³/mol. The molecule has 2 heterocycles. The Kier molecular flexibility index (Phi) is 6.30. The lowest BCUT2D eigenvalue weighted by atomic mass is 10.1. The molecule has 2 N–H and O–H groups in total. The summed E-state index contributed by atoms with van der Waals surface area (Å²) in [6, 6.07) is 8.32. The monoisotopic (exact) mass is 433 g/mol. The van der Waals surface area contributed by atoms with Gasteiger partial charge < -0.3 is 14.5 Å². The van der Waals surface area contributed by atoms with Gasteiger partial charge in [0.15, 0.2) is 23.2 Å². The van der Waals surface area contributed by atoms with Crippen LogP contribution in [0.5, 0.6) is 5.75 Å². The van der Waals surface area contributed by atoms with Gasteiger partial charge in [-0.15, -0.1) is 0 Å². The Morgan fingerprint density at radius 3 is 2.76 bits per heavy atom. The zero-order chi connectivity index (χ0) is 21.0. The molecule has 150 valence electrons. The van der Waals surface area contributed by atoms with Crippen molar-refractivity contribution in [3.05, 3.63) is 63.2 Å². The number of methoxy groups -OCH3 is 1. The Bertz CT molecular complexity index is 1130. The molecule has 10 heteroatoms. The summed E-state index contributed by atoms with van der Waals surface area (Å²) in [5.41, 5.74) is 0.973. The minimum absolute atomic E-state index is 0.0249. The van der Waals surface area contributed by atoms with Gasteiger partial charge in [0, 0.05) is 28.5 Å². The quantitative estimate of drug-likeness (QED) is 0.577. The Hall–Kier alpha value is -3.17. The van der Waals surface area contributed by atoms with Crippen LogP contribution in [0.15, 0.2) is 41.3 Å². The number of halogens is 1. The number of H-pyrrole nitrogens is 1. The smallest absolute Gasteiger partial charge is 0.358 e. The van der Waals surface area contributed by atoms with Gasteiger partial charge in [0.2, 0.25) is 5.43 Å². The zero-order valence-electron chi connectivity index (χ0n) is 15.4. The lowest BCUT2D eigenvalue weighted by molar-refractivity contribution is -0.118. The summed E-state index contributed by atoms with van der Waals surface area (Å²) in [6.07, 6.45) is 1.39. The van der Waals surface area contributed by atoms with Crippen molar-refractivity contribution in [3.8, 4) is 16.2 Å². The third kappa shape index (κ3) is 4.82. The van der Waals surface area contributed by atoms with E-state index in [0.29, 0.717) is 21.2 Å². The highest BCUT2D eigenvalue weighted by Crippen LogP contribution is 2.37. The normalized spacial score (nSPS) is 10.4. The first kappa shape index (κ1) is 20.6. The van der Waals surface area contributed by atoms with Crippen LogP contribution in [-0.2, 0) is 9.53 Å². The maximum absolute atomic E-state index is 12.2. The third-order valence-electron chi connectivity index (χ3n) is 3.75. The van der Waals surface area contributed by atoms with E-state index in [1.807, 2.05) is 0 Å². The second-order valence-electron chi connectivity index (χ2n) is 5.85. The number of esters is 1. The van der Waals surface area contributed by atoms with E-state index in [1.165, 1.54) is 19.4 Å². The van der Waals surface area contributed by atoms with Gasteiger partial charge in [0.25, 0.3) is 5.91 Å². The van der Waals surface area contributed by atoms with Gasteiger partial charge in [-0.1, -0.05) is 41.1 Å². The van der Waals surface area contributed by atoms with E-state index in [2.05, 4.69) is 15.3 Å². The minimum Gasteiger partial charge on any atom is -0.478 e. The number of carbonyl (C=O) groups excluding carboxylic acids is 2. The van der Waals surface area contributed by atoms with Crippen LogP contribution in [0.3, 0.4) is 0 Å². The van der Waals surface area contributed by atoms with Crippen molar-refractivity contribution in [2.24, 2.45) is 0 Å². The summed E-state index contributed by atoms with van der Waals surface area (Å²) in [4.78, 5) is 43.6. The van der Waals surface area contributed by atoms with Gasteiger partial charge in [0.05, 0.1) is 12.0 Å². The number of carbonyl (C=O) groups is 2. The molecule has 0 saturated carbocycles. The number of pyridine rings is 1. The summed E-state index contributed by atoms with van der Waals surface area (Å²) < 4.78 is 10.0. The second kappa shape index (κ2) is 8.89. The molecule has 0 aliphatic heterocycles. The molecule has 1 amide bonds. The van der Waals surface area contributed by atoms with E-state index in [4.69, 9.17) is 21.1 Å². The molecular formula is C19H16ClN3O5S. The molecule has 29 heavy (non-hydrogen) atoms. The molecule has 0 radical (unpaired) electrons. The van der Waals surface area contributed by atoms with Crippen molar-refractivity contribution >= 4 is 39.9 Å². The molecule has 0 unspecified atom stereocenters. The maximum atomic E-state index is 12.2. The first-order chi connectivity index (χ1) is 13.9. The summed E-state index contributed by atoms with van der Waals surface area (Å²) in [5.74, 6) is -1.17. The van der Waals surface area contributed by atoms with E-state index in [1.54, 1.807) is 31.2 Å². The van der Waals surface area contributed by atoms with E-state index in [0.717, 1.165) is 11.3 Å². The summed E-state index contributed by atoms with van der Waals surface area (Å²) >= 11 is 7.30. The van der Waals surface area contributed by atoms with Crippen LogP contribution in [0, 0.1) is 6.92 Å². The molecule has 0 spiro atoms. The number of amides is 1. The number of nitrogens with zero attached hydrogens (tertiary/aromatic N) is 1. The zero-order valence-corrected chi connectivity index (χ0v) is 17.0. The molecule has 0 aliphatic carbocycles. The number of benzene rings is 1. The molecule has 0 saturated heterocycles. The number of hydrogen-bond acceptors (Lipinski definition) is 7. The van der Waals surface area contributed by atoms with Gasteiger partial charge in [-0.25, -0.2) is 9.78 Å². The number of rotatable bonds is 6. The standard InChI is InChI=1S/C19H16ClN3O5S/c1-10-7-13(24)14(8-21-10)28-9-15(25)22-19-23-16(18(26)27-2)17(29-19)11-5-3-4-6-12(11)20/h3-8H,9H2,1-2H3,(H,21,24)(H,22,23,25). The van der Waals surface area contributed by atoms with E-state index in [-0.39, 0.29) is 22.0 Å². The molecule has 8 nitrogen and oxygen atoms in total. The average Bonchev–Trinajstić information content (AvgIpc) is 3.10. The van der Waals surface area contributed by atoms with Crippen molar-refractivity contribution in [2.45, 2.75) is 6.92 Å². The van der Waals surface area contributed by atoms with Crippen molar-refractivity contribution in [1.29, 1.82) is 0 Å². The molecule has 3 rings (SSSR count). The minimum atomic E-state index is -0.654. The molecule has 1 aromatic carbocycles. The van der Waals surface area contributed by atoms with Crippen molar-refractivity contribution in [2.75, 3.05) is 19.0 Å². The molecule has 2 aromatic heterocycles. The van der Waals surface area contributed by atoms with E-state index >= 15 is 0 Å². The van der Waals surface area contributed by atoms with Crippen LogP contribution in [0.25, 0.3) is 10.4 Å². The molecular weight excluding hydrogens is 418 g/mol. The molecule has 0 fully saturated rings. The summed E-state index contributed by atoms with van der Waals surface area (Å²) in [5, 5.41) is 3.16. The molecule has 0 atom stereocenters. The Morgan fingerprint density at radius 2 is 2.07 bits per heavy atom. The number of nitrogens with one attached hydrogen (secondary N) is 2. The highest BCUT2D eigenvalue weighted by molar-refractivity contribution is 7.19. The number of hydrogen-bond donors (Lipinski definition) is 2. The first-order valence-corrected chi connectivity index (χ1v) is 9.54. The second-order valence-corrected chi connectivity index (χ2v) is 7.26. The number of aromatic nitrogens is 2. The van der Waals surface area contributed by atoms with E-state index in [9.17, 15) is 14.4 Å². The lowest BCUT2D eigenvalue weighted by Gasteiger charge is -2.05. The maximum Gasteiger partial charge on any atom is 0.358 e. The number of anilines is 1. The molecule has 3 aromatic rings. The predicted octanol–water partition coefficient (Wildman–Crippen LogP) is 3.26. The van der Waals surface area contributed by atoms with Crippen molar-refractivity contribution < 1.29 is 19.1 Å². The van der Waals surface area contributed by atoms with Crippen LogP contribution in [0.2, 0.25) is 5.02 Å². The topological polar surface area (TPSA) is 110 Å². The van der Waals surface area contributed by atoms with E-state index < -0.39 is 18.5 Å². The number of aromatic amines is 1. The van der Waals surface area contributed by atoms with Crippen molar-refractivity contribution in [3.63, 3.8) is 0 Å². The van der Waals surface area contributed by atoms with Gasteiger partial charge in [0.1, 0.15) is 0 Å². The van der Waals surface area contributed by atoms with Crippen LogP contribution in [0.1, 0.15) is 16.2 Å². The average molecular weight is 434 g/mol. The Morgan fingerprint density at radius 1 is 1.31 bits per heavy atom. The van der Waals surface area contributed by atoms with Gasteiger partial charge in [-0.3, -0.25) is 14.9 Å². The van der Waals surface area contributed by atoms with Gasteiger partial charge >= 0.3 is 5.97 Å². The fourth-order valence-electron chi connectivity index (χ4n) is 2.41. The fourth-order valence-corrected chi connectivity index (χ4v) is 3.70. The van der Waals surface area contributed by atoms with Crippen LogP contribution >= 0.6 is 22.9 Å². The number of ether oxygens (including phenoxy) is 2. The number of thiazole rings is 1. The largest absolute Gasteiger partial charge is 0.478 e. The third-order valence-corrected chi connectivity index (χ3v) is 5.08. The Balaban J connectivity index is 1.78. The fraction of sp³-hybridized carbons (Fsp3) is 0.158. The van der Waals surface area contributed by atoms with Gasteiger partial charge in [-0.05, 0) is 13.0 Å². The first-order valence-electron chi connectivity index (χ1n) is 8.35. The van der Waals surface area contributed by atoms with Crippen LogP contribution in [0.4, 0.5) is 5.13 Å². The SMILES string of the molecule is COC(=O)c1nc(NC(=O)COc2c[nH]c(C)cc2=O)sc1-c1ccccc1Cl. The van der Waals surface area contributed by atoms with Crippen LogP contribution in [-0.4, -0.2) is 35.6 Å².